The van der Waals surface area contributed by atoms with Gasteiger partial charge in [0, 0.05) is 11.6 Å². The van der Waals surface area contributed by atoms with E-state index >= 15 is 0 Å². The molecule has 0 bridgehead atoms. The highest BCUT2D eigenvalue weighted by Gasteiger charge is 2.09. The Morgan fingerprint density at radius 1 is 0.810 bits per heavy atom. The molecule has 0 fully saturated rings. The zero-order chi connectivity index (χ0) is 15.0. The Labute approximate surface area is 129 Å². The summed E-state index contributed by atoms with van der Waals surface area (Å²) in [5.41, 5.74) is -0.0393. The van der Waals surface area contributed by atoms with Crippen molar-refractivity contribution in [1.82, 2.24) is 0 Å². The van der Waals surface area contributed by atoms with Crippen molar-refractivity contribution in [3.8, 4) is 11.3 Å². The summed E-state index contributed by atoms with van der Waals surface area (Å²) < 4.78 is 5.60. The molecule has 0 amide bonds. The average molecular weight is 319 g/mol. The number of benzene rings is 1. The Kier molecular flexibility index (Phi) is 3.53. The number of rotatable bonds is 1. The molecule has 5 heteroatoms. The van der Waals surface area contributed by atoms with E-state index in [1.807, 2.05) is 0 Å². The van der Waals surface area contributed by atoms with E-state index in [1.54, 1.807) is 36.4 Å². The second kappa shape index (κ2) is 5.35. The molecule has 104 valence electrons. The van der Waals surface area contributed by atoms with Crippen LogP contribution in [0, 0.1) is 0 Å². The maximum atomic E-state index is 12.2. The maximum Gasteiger partial charge on any atom is 0.221 e. The van der Waals surface area contributed by atoms with E-state index in [2.05, 4.69) is 0 Å². The van der Waals surface area contributed by atoms with Crippen LogP contribution in [0.4, 0.5) is 0 Å². The van der Waals surface area contributed by atoms with E-state index in [4.69, 9.17) is 27.6 Å². The summed E-state index contributed by atoms with van der Waals surface area (Å²) >= 11 is 11.8. The van der Waals surface area contributed by atoms with Gasteiger partial charge in [-0.25, -0.2) is 0 Å². The zero-order valence-electron chi connectivity index (χ0n) is 10.6. The molecule has 0 spiro atoms. The fraction of sp³-hybridized carbons (Fsp3) is 0. The predicted octanol–water partition coefficient (Wildman–Crippen LogP) is 4.13. The van der Waals surface area contributed by atoms with Gasteiger partial charge in [-0.05, 0) is 30.3 Å². The summed E-state index contributed by atoms with van der Waals surface area (Å²) in [6.45, 7) is 0. The Morgan fingerprint density at radius 3 is 2.33 bits per heavy atom. The molecule has 21 heavy (non-hydrogen) atoms. The fourth-order valence-corrected chi connectivity index (χ4v) is 2.30. The van der Waals surface area contributed by atoms with Gasteiger partial charge in [0.2, 0.25) is 5.43 Å². The molecule has 3 rings (SSSR count). The van der Waals surface area contributed by atoms with Gasteiger partial charge in [-0.3, -0.25) is 9.59 Å². The first-order chi connectivity index (χ1) is 10.1. The SMILES string of the molecule is O=c1cc(-c2ccc(Cl)c(Cl)c2)oc2c(=O)ccccc12. The van der Waals surface area contributed by atoms with Gasteiger partial charge in [-0.2, -0.15) is 0 Å². The van der Waals surface area contributed by atoms with E-state index in [9.17, 15) is 9.59 Å². The normalized spacial score (nSPS) is 10.8. The lowest BCUT2D eigenvalue weighted by Crippen LogP contribution is -2.05. The molecule has 0 unspecified atom stereocenters. The average Bonchev–Trinajstić information content (AvgIpc) is 2.65. The van der Waals surface area contributed by atoms with Crippen LogP contribution in [0.3, 0.4) is 0 Å². The lowest BCUT2D eigenvalue weighted by molar-refractivity contribution is 0.616. The van der Waals surface area contributed by atoms with E-state index < -0.39 is 0 Å². The molecule has 0 N–H and O–H groups in total. The fourth-order valence-electron chi connectivity index (χ4n) is 2.01. The first kappa shape index (κ1) is 13.9. The summed E-state index contributed by atoms with van der Waals surface area (Å²) in [5.74, 6) is 0.273. The van der Waals surface area contributed by atoms with E-state index in [1.165, 1.54) is 12.1 Å². The van der Waals surface area contributed by atoms with Crippen LogP contribution in [0.2, 0.25) is 10.0 Å². The number of halogens is 2. The van der Waals surface area contributed by atoms with Gasteiger partial charge in [0.25, 0.3) is 0 Å². The standard InChI is InChI=1S/C16H8Cl2O3/c17-11-6-5-9(7-12(11)18)15-8-14(20)10-3-1-2-4-13(19)16(10)21-15/h1-8H. The van der Waals surface area contributed by atoms with Crippen LogP contribution in [0.25, 0.3) is 22.3 Å². The van der Waals surface area contributed by atoms with Crippen LogP contribution in [-0.2, 0) is 0 Å². The van der Waals surface area contributed by atoms with E-state index in [0.717, 1.165) is 0 Å². The zero-order valence-corrected chi connectivity index (χ0v) is 12.1. The van der Waals surface area contributed by atoms with Crippen molar-refractivity contribution in [3.05, 3.63) is 79.0 Å². The topological polar surface area (TPSA) is 47.3 Å². The second-order valence-corrected chi connectivity index (χ2v) is 5.24. The molecule has 0 saturated carbocycles. The van der Waals surface area contributed by atoms with Crippen LogP contribution in [0.1, 0.15) is 0 Å². The van der Waals surface area contributed by atoms with Crippen molar-refractivity contribution in [3.63, 3.8) is 0 Å². The molecule has 0 atom stereocenters. The number of fused-ring (bicyclic) bond motifs is 1. The highest BCUT2D eigenvalue weighted by Crippen LogP contribution is 2.28. The summed E-state index contributed by atoms with van der Waals surface area (Å²) in [6.07, 6.45) is 0. The van der Waals surface area contributed by atoms with Gasteiger partial charge >= 0.3 is 0 Å². The van der Waals surface area contributed by atoms with Crippen LogP contribution in [0.5, 0.6) is 0 Å². The number of hydrogen-bond donors (Lipinski definition) is 0. The highest BCUT2D eigenvalue weighted by atomic mass is 35.5. The first-order valence-corrected chi connectivity index (χ1v) is 6.84. The minimum atomic E-state index is -0.353. The van der Waals surface area contributed by atoms with Crippen molar-refractivity contribution in [2.45, 2.75) is 0 Å². The Hall–Kier alpha value is -2.10. The second-order valence-electron chi connectivity index (χ2n) is 4.43. The smallest absolute Gasteiger partial charge is 0.221 e. The van der Waals surface area contributed by atoms with Gasteiger partial charge in [-0.15, -0.1) is 0 Å². The lowest BCUT2D eigenvalue weighted by atomic mass is 10.1. The number of hydrogen-bond acceptors (Lipinski definition) is 3. The highest BCUT2D eigenvalue weighted by molar-refractivity contribution is 6.42. The van der Waals surface area contributed by atoms with Crippen molar-refractivity contribution in [2.24, 2.45) is 0 Å². The Morgan fingerprint density at radius 2 is 1.57 bits per heavy atom. The molecule has 0 aliphatic carbocycles. The molecule has 1 heterocycles. The maximum absolute atomic E-state index is 12.2. The molecule has 3 aromatic rings. The van der Waals surface area contributed by atoms with Crippen molar-refractivity contribution in [1.29, 1.82) is 0 Å². The third-order valence-electron chi connectivity index (χ3n) is 3.03. The Balaban J connectivity index is 2.35. The molecule has 2 aromatic carbocycles. The van der Waals surface area contributed by atoms with Crippen molar-refractivity contribution in [2.75, 3.05) is 0 Å². The van der Waals surface area contributed by atoms with E-state index in [-0.39, 0.29) is 27.6 Å². The van der Waals surface area contributed by atoms with Crippen LogP contribution in [-0.4, -0.2) is 0 Å². The molecule has 3 nitrogen and oxygen atoms in total. The van der Waals surface area contributed by atoms with Gasteiger partial charge in [-0.1, -0.05) is 35.3 Å². The summed E-state index contributed by atoms with van der Waals surface area (Å²) in [6, 6.07) is 12.3. The summed E-state index contributed by atoms with van der Waals surface area (Å²) in [5, 5.41) is 0.992. The van der Waals surface area contributed by atoms with Crippen LogP contribution >= 0.6 is 23.2 Å². The summed E-state index contributed by atoms with van der Waals surface area (Å²) in [7, 11) is 0. The molecule has 0 aliphatic heterocycles. The molecular weight excluding hydrogens is 311 g/mol. The molecular formula is C16H8Cl2O3. The minimum Gasteiger partial charge on any atom is -0.452 e. The third-order valence-corrected chi connectivity index (χ3v) is 3.77. The first-order valence-electron chi connectivity index (χ1n) is 6.09. The van der Waals surface area contributed by atoms with Gasteiger partial charge in [0.05, 0.1) is 15.4 Å². The minimum absolute atomic E-state index is 0.0218. The predicted molar refractivity (Wildman–Crippen MR) is 84.2 cm³/mol. The molecule has 0 radical (unpaired) electrons. The Bertz CT molecular complexity index is 961. The largest absolute Gasteiger partial charge is 0.452 e. The van der Waals surface area contributed by atoms with Gasteiger partial charge < -0.3 is 4.42 Å². The quantitative estimate of drug-likeness (QED) is 0.677. The monoisotopic (exact) mass is 318 g/mol. The van der Waals surface area contributed by atoms with Crippen LogP contribution in [0.15, 0.2) is 62.5 Å². The third kappa shape index (κ3) is 2.58. The van der Waals surface area contributed by atoms with Gasteiger partial charge in [0.1, 0.15) is 5.76 Å². The molecule has 0 aliphatic rings. The lowest BCUT2D eigenvalue weighted by Gasteiger charge is -2.03. The van der Waals surface area contributed by atoms with E-state index in [0.29, 0.717) is 15.6 Å². The molecule has 0 saturated heterocycles. The van der Waals surface area contributed by atoms with Gasteiger partial charge in [0.15, 0.2) is 11.0 Å². The van der Waals surface area contributed by atoms with Crippen LogP contribution < -0.4 is 10.9 Å². The molecule has 1 aromatic heterocycles. The van der Waals surface area contributed by atoms with Crippen molar-refractivity contribution < 1.29 is 4.42 Å². The van der Waals surface area contributed by atoms with Crippen molar-refractivity contribution >= 4 is 34.2 Å². The summed E-state index contributed by atoms with van der Waals surface area (Å²) in [4.78, 5) is 24.1.